The monoisotopic (exact) mass is 531 g/mol. The van der Waals surface area contributed by atoms with E-state index in [1.807, 2.05) is 26.0 Å². The van der Waals surface area contributed by atoms with Crippen LogP contribution in [0.5, 0.6) is 0 Å². The van der Waals surface area contributed by atoms with Gasteiger partial charge in [-0.3, -0.25) is 14.4 Å². The molecule has 9 heteroatoms. The van der Waals surface area contributed by atoms with Gasteiger partial charge in [0.1, 0.15) is 10.7 Å². The zero-order valence-corrected chi connectivity index (χ0v) is 22.1. The third kappa shape index (κ3) is 5.60. The van der Waals surface area contributed by atoms with Gasteiger partial charge < -0.3 is 15.4 Å². The van der Waals surface area contributed by atoms with Crippen LogP contribution >= 0.6 is 11.6 Å². The molecule has 0 atom stereocenters. The predicted molar refractivity (Wildman–Crippen MR) is 146 cm³/mol. The lowest BCUT2D eigenvalue weighted by Crippen LogP contribution is -2.32. The number of nitrogens with zero attached hydrogens (tertiary/aromatic N) is 1. The van der Waals surface area contributed by atoms with Gasteiger partial charge in [0.15, 0.2) is 0 Å². The smallest absolute Gasteiger partial charge is 0.338 e. The molecule has 1 aliphatic rings. The summed E-state index contributed by atoms with van der Waals surface area (Å²) in [6, 6.07) is 18.3. The Kier molecular flexibility index (Phi) is 7.64. The van der Waals surface area contributed by atoms with Gasteiger partial charge >= 0.3 is 5.97 Å². The van der Waals surface area contributed by atoms with Gasteiger partial charge in [0.05, 0.1) is 17.4 Å². The molecule has 3 aromatic rings. The molecule has 3 aromatic carbocycles. The number of carbonyl (C=O) groups excluding carboxylic acids is 4. The Morgan fingerprint density at radius 1 is 0.868 bits per heavy atom. The number of carbonyl (C=O) groups is 4. The van der Waals surface area contributed by atoms with Gasteiger partial charge in [-0.1, -0.05) is 29.8 Å². The molecule has 0 radical (unpaired) electrons. The molecule has 0 aromatic heterocycles. The van der Waals surface area contributed by atoms with Crippen LogP contribution < -0.4 is 15.5 Å². The van der Waals surface area contributed by atoms with Gasteiger partial charge in [-0.25, -0.2) is 9.69 Å². The van der Waals surface area contributed by atoms with Crippen molar-refractivity contribution in [2.75, 3.05) is 15.5 Å². The van der Waals surface area contributed by atoms with E-state index in [4.69, 9.17) is 16.3 Å². The van der Waals surface area contributed by atoms with Crippen LogP contribution in [-0.2, 0) is 14.3 Å². The lowest BCUT2D eigenvalue weighted by Gasteiger charge is -2.18. The highest BCUT2D eigenvalue weighted by molar-refractivity contribution is 6.53. The highest BCUT2D eigenvalue weighted by Gasteiger charge is 2.39. The van der Waals surface area contributed by atoms with Crippen LogP contribution in [0, 0.1) is 13.8 Å². The molecule has 1 aliphatic heterocycles. The number of imide groups is 1. The number of esters is 1. The third-order valence-corrected chi connectivity index (χ3v) is 6.10. The Morgan fingerprint density at radius 3 is 2.26 bits per heavy atom. The van der Waals surface area contributed by atoms with Gasteiger partial charge in [-0.15, -0.1) is 0 Å². The number of hydrogen-bond donors (Lipinski definition) is 2. The summed E-state index contributed by atoms with van der Waals surface area (Å²) in [5, 5.41) is 5.44. The fraction of sp³-hybridized carbons (Fsp3) is 0.172. The quantitative estimate of drug-likeness (QED) is 0.305. The molecular weight excluding hydrogens is 506 g/mol. The van der Waals surface area contributed by atoms with E-state index in [1.165, 1.54) is 6.07 Å². The Labute approximate surface area is 225 Å². The van der Waals surface area contributed by atoms with E-state index in [0.717, 1.165) is 16.0 Å². The van der Waals surface area contributed by atoms with E-state index < -0.39 is 23.7 Å². The first kappa shape index (κ1) is 26.6. The van der Waals surface area contributed by atoms with Crippen LogP contribution in [0.15, 0.2) is 77.5 Å². The first-order chi connectivity index (χ1) is 18.0. The number of amides is 3. The molecule has 38 heavy (non-hydrogen) atoms. The van der Waals surface area contributed by atoms with Crippen LogP contribution in [0.4, 0.5) is 17.1 Å². The number of ether oxygens (including phenoxy) is 1. The molecule has 0 saturated carbocycles. The summed E-state index contributed by atoms with van der Waals surface area (Å²) in [7, 11) is 0. The van der Waals surface area contributed by atoms with Gasteiger partial charge in [0.25, 0.3) is 17.7 Å². The van der Waals surface area contributed by atoms with Crippen molar-refractivity contribution in [3.05, 3.63) is 99.7 Å². The minimum Gasteiger partial charge on any atom is -0.459 e. The number of anilines is 3. The van der Waals surface area contributed by atoms with Crippen LogP contribution in [0.2, 0.25) is 0 Å². The Bertz CT molecular complexity index is 1480. The normalized spacial score (nSPS) is 13.3. The summed E-state index contributed by atoms with van der Waals surface area (Å²) in [4.78, 5) is 51.9. The van der Waals surface area contributed by atoms with Crippen molar-refractivity contribution < 1.29 is 23.9 Å². The van der Waals surface area contributed by atoms with Crippen molar-refractivity contribution in [2.24, 2.45) is 0 Å². The van der Waals surface area contributed by atoms with E-state index in [-0.39, 0.29) is 16.8 Å². The summed E-state index contributed by atoms with van der Waals surface area (Å²) in [6.07, 6.45) is -0.258. The van der Waals surface area contributed by atoms with Crippen LogP contribution in [0.1, 0.15) is 45.7 Å². The molecule has 0 spiro atoms. The summed E-state index contributed by atoms with van der Waals surface area (Å²) < 4.78 is 5.19. The van der Waals surface area contributed by atoms with Crippen LogP contribution in [0.3, 0.4) is 0 Å². The molecule has 8 nitrogen and oxygen atoms in total. The van der Waals surface area contributed by atoms with Gasteiger partial charge in [0.2, 0.25) is 0 Å². The van der Waals surface area contributed by atoms with Gasteiger partial charge in [0, 0.05) is 16.9 Å². The number of nitrogens with one attached hydrogen (secondary N) is 2. The molecule has 0 saturated heterocycles. The number of aryl methyl sites for hydroxylation is 2. The fourth-order valence-electron chi connectivity index (χ4n) is 3.85. The second kappa shape index (κ2) is 10.9. The molecule has 1 heterocycles. The molecule has 3 amide bonds. The lowest BCUT2D eigenvalue weighted by atomic mass is 10.1. The number of rotatable bonds is 7. The van der Waals surface area contributed by atoms with Crippen LogP contribution in [-0.4, -0.2) is 29.8 Å². The molecule has 0 aliphatic carbocycles. The summed E-state index contributed by atoms with van der Waals surface area (Å²) >= 11 is 6.25. The highest BCUT2D eigenvalue weighted by atomic mass is 35.5. The van der Waals surface area contributed by atoms with Crippen molar-refractivity contribution in [2.45, 2.75) is 33.8 Å². The molecular formula is C29H26ClN3O5. The maximum absolute atomic E-state index is 13.1. The van der Waals surface area contributed by atoms with Crippen molar-refractivity contribution >= 4 is 52.4 Å². The minimum absolute atomic E-state index is 0.0418. The predicted octanol–water partition coefficient (Wildman–Crippen LogP) is 5.56. The van der Waals surface area contributed by atoms with Crippen molar-refractivity contribution in [1.29, 1.82) is 0 Å². The van der Waals surface area contributed by atoms with Crippen molar-refractivity contribution in [3.8, 4) is 0 Å². The second-order valence-electron chi connectivity index (χ2n) is 9.12. The minimum atomic E-state index is -0.608. The summed E-state index contributed by atoms with van der Waals surface area (Å²) in [5.74, 6) is -2.04. The van der Waals surface area contributed by atoms with Gasteiger partial charge in [-0.2, -0.15) is 0 Å². The number of halogens is 1. The average molecular weight is 532 g/mol. The first-order valence-electron chi connectivity index (χ1n) is 11.9. The van der Waals surface area contributed by atoms with E-state index in [1.54, 1.807) is 62.4 Å². The van der Waals surface area contributed by atoms with E-state index in [2.05, 4.69) is 10.6 Å². The average Bonchev–Trinajstić information content (AvgIpc) is 3.08. The van der Waals surface area contributed by atoms with E-state index in [0.29, 0.717) is 28.2 Å². The van der Waals surface area contributed by atoms with E-state index >= 15 is 0 Å². The molecule has 4 rings (SSSR count). The largest absolute Gasteiger partial charge is 0.459 e. The number of benzene rings is 3. The van der Waals surface area contributed by atoms with Crippen molar-refractivity contribution in [3.63, 3.8) is 0 Å². The fourth-order valence-corrected chi connectivity index (χ4v) is 4.06. The highest BCUT2D eigenvalue weighted by Crippen LogP contribution is 2.32. The lowest BCUT2D eigenvalue weighted by molar-refractivity contribution is -0.120. The maximum atomic E-state index is 13.1. The standard InChI is InChI=1S/C29H26ClN3O5/c1-16(2)38-29(37)20-6-5-7-22(15-20)32-26(34)19-10-12-21(13-11-19)31-25-24(30)27(35)33(28(25)36)23-14-17(3)8-9-18(23)4/h5-16,31H,1-4H3,(H,32,34). The van der Waals surface area contributed by atoms with Gasteiger partial charge in [-0.05, 0) is 87.4 Å². The Morgan fingerprint density at radius 2 is 1.58 bits per heavy atom. The molecule has 0 fully saturated rings. The summed E-state index contributed by atoms with van der Waals surface area (Å²) in [6.45, 7) is 7.20. The topological polar surface area (TPSA) is 105 Å². The molecule has 0 unspecified atom stereocenters. The molecule has 0 bridgehead atoms. The maximum Gasteiger partial charge on any atom is 0.338 e. The molecule has 2 N–H and O–H groups in total. The zero-order chi connectivity index (χ0) is 27.6. The first-order valence-corrected chi connectivity index (χ1v) is 12.3. The Hall–Kier alpha value is -4.43. The van der Waals surface area contributed by atoms with Crippen molar-refractivity contribution in [1.82, 2.24) is 0 Å². The van der Waals surface area contributed by atoms with Crippen LogP contribution in [0.25, 0.3) is 0 Å². The Balaban J connectivity index is 1.46. The second-order valence-corrected chi connectivity index (χ2v) is 9.49. The third-order valence-electron chi connectivity index (χ3n) is 5.75. The zero-order valence-electron chi connectivity index (χ0n) is 21.3. The number of hydrogen-bond acceptors (Lipinski definition) is 6. The van der Waals surface area contributed by atoms with E-state index in [9.17, 15) is 19.2 Å². The molecule has 194 valence electrons. The summed E-state index contributed by atoms with van der Waals surface area (Å²) in [5.41, 5.74) is 3.68. The SMILES string of the molecule is Cc1ccc(C)c(N2C(=O)C(Cl)=C(Nc3ccc(C(=O)Nc4cccc(C(=O)OC(C)C)c4)cc3)C2=O)c1.